The minimum atomic E-state index is -0.437. The predicted octanol–water partition coefficient (Wildman–Crippen LogP) is 6.60. The highest BCUT2D eigenvalue weighted by atomic mass is 35.5. The maximum atomic E-state index is 12.2. The van der Waals surface area contributed by atoms with E-state index in [-0.39, 0.29) is 16.8 Å². The Morgan fingerprint density at radius 1 is 1.15 bits per heavy atom. The lowest BCUT2D eigenvalue weighted by atomic mass is 10.1. The number of oxazole rings is 1. The Balaban J connectivity index is 1.46. The minimum absolute atomic E-state index is 0.00514. The summed E-state index contributed by atoms with van der Waals surface area (Å²) in [7, 11) is 0. The first-order valence-electron chi connectivity index (χ1n) is 10.3. The number of halogens is 2. The van der Waals surface area contributed by atoms with Gasteiger partial charge in [0, 0.05) is 21.8 Å². The second-order valence-electron chi connectivity index (χ2n) is 7.35. The van der Waals surface area contributed by atoms with Gasteiger partial charge in [-0.1, -0.05) is 42.3 Å². The zero-order valence-corrected chi connectivity index (χ0v) is 20.3. The number of aromatic nitrogens is 1. The molecule has 0 aliphatic heterocycles. The standard InChI is InChI=1S/C25H19Cl2N3O3S/c1-2-14-3-9-22-20(11-14)29-24(33-22)18-13-17(7-8-21(18)31)28-25(34)30-23(32)10-5-15-4-6-16(26)12-19(15)27/h3-13,31H,2H2,1H3,(H2,28,30,32,34)/b10-5+. The number of phenolic OH excluding ortho intramolecular Hbond substituents is 1. The third-order valence-corrected chi connectivity index (χ3v) is 5.73. The number of carbonyl (C=O) groups excluding carboxylic acids is 1. The zero-order chi connectivity index (χ0) is 24.2. The number of amides is 1. The highest BCUT2D eigenvalue weighted by Crippen LogP contribution is 2.33. The number of anilines is 1. The van der Waals surface area contributed by atoms with Crippen molar-refractivity contribution in [3.8, 4) is 17.2 Å². The summed E-state index contributed by atoms with van der Waals surface area (Å²) in [5, 5.41) is 16.9. The van der Waals surface area contributed by atoms with Gasteiger partial charge in [0.1, 0.15) is 11.3 Å². The van der Waals surface area contributed by atoms with Gasteiger partial charge in [0.05, 0.1) is 5.56 Å². The van der Waals surface area contributed by atoms with E-state index in [1.54, 1.807) is 36.4 Å². The number of hydrogen-bond acceptors (Lipinski definition) is 5. The summed E-state index contributed by atoms with van der Waals surface area (Å²) in [6.07, 6.45) is 3.76. The fraction of sp³-hybridized carbons (Fsp3) is 0.0800. The van der Waals surface area contributed by atoms with Crippen LogP contribution in [0.25, 0.3) is 28.6 Å². The first-order chi connectivity index (χ1) is 16.3. The molecule has 0 aliphatic carbocycles. The molecule has 0 fully saturated rings. The molecule has 1 amide bonds. The van der Waals surface area contributed by atoms with Crippen molar-refractivity contribution in [2.24, 2.45) is 0 Å². The van der Waals surface area contributed by atoms with Gasteiger partial charge in [0.2, 0.25) is 11.8 Å². The fourth-order valence-corrected chi connectivity index (χ4v) is 3.90. The van der Waals surface area contributed by atoms with Crippen molar-refractivity contribution in [1.29, 1.82) is 0 Å². The summed E-state index contributed by atoms with van der Waals surface area (Å²) in [6, 6.07) is 15.5. The van der Waals surface area contributed by atoms with Gasteiger partial charge in [-0.15, -0.1) is 0 Å². The number of phenols is 1. The average Bonchev–Trinajstić information content (AvgIpc) is 3.22. The van der Waals surface area contributed by atoms with Crippen molar-refractivity contribution < 1.29 is 14.3 Å². The maximum absolute atomic E-state index is 12.2. The van der Waals surface area contributed by atoms with Gasteiger partial charge < -0.3 is 14.8 Å². The highest BCUT2D eigenvalue weighted by molar-refractivity contribution is 7.80. The summed E-state index contributed by atoms with van der Waals surface area (Å²) >= 11 is 17.2. The zero-order valence-electron chi connectivity index (χ0n) is 17.9. The van der Waals surface area contributed by atoms with Crippen LogP contribution in [0, 0.1) is 0 Å². The number of hydrogen-bond donors (Lipinski definition) is 3. The van der Waals surface area contributed by atoms with Crippen LogP contribution < -0.4 is 10.6 Å². The Morgan fingerprint density at radius 2 is 1.97 bits per heavy atom. The largest absolute Gasteiger partial charge is 0.507 e. The molecule has 0 saturated carbocycles. The van der Waals surface area contributed by atoms with Crippen LogP contribution in [0.2, 0.25) is 10.0 Å². The predicted molar refractivity (Wildman–Crippen MR) is 140 cm³/mol. The molecule has 3 aromatic carbocycles. The molecule has 1 aromatic heterocycles. The molecule has 0 aliphatic rings. The van der Waals surface area contributed by atoms with Gasteiger partial charge in [0.25, 0.3) is 0 Å². The molecule has 6 nitrogen and oxygen atoms in total. The van der Waals surface area contributed by atoms with E-state index < -0.39 is 5.91 Å². The molecular weight excluding hydrogens is 493 g/mol. The van der Waals surface area contributed by atoms with Crippen LogP contribution in [-0.4, -0.2) is 21.1 Å². The normalized spacial score (nSPS) is 11.1. The smallest absolute Gasteiger partial charge is 0.250 e. The first-order valence-corrected chi connectivity index (χ1v) is 11.5. The molecule has 9 heteroatoms. The molecule has 4 aromatic rings. The van der Waals surface area contributed by atoms with Crippen LogP contribution in [0.1, 0.15) is 18.1 Å². The number of aryl methyl sites for hydroxylation is 1. The molecule has 0 saturated heterocycles. The van der Waals surface area contributed by atoms with Gasteiger partial charge in [-0.3, -0.25) is 10.1 Å². The topological polar surface area (TPSA) is 87.4 Å². The summed E-state index contributed by atoms with van der Waals surface area (Å²) in [4.78, 5) is 16.7. The number of thiocarbonyl (C=S) groups is 1. The number of carbonyl (C=O) groups is 1. The molecule has 3 N–H and O–H groups in total. The quantitative estimate of drug-likeness (QED) is 0.159. The lowest BCUT2D eigenvalue weighted by Crippen LogP contribution is -2.32. The summed E-state index contributed by atoms with van der Waals surface area (Å²) in [5.41, 5.74) is 4.06. The second-order valence-corrected chi connectivity index (χ2v) is 8.60. The van der Waals surface area contributed by atoms with Gasteiger partial charge in [-0.25, -0.2) is 4.98 Å². The molecule has 0 radical (unpaired) electrons. The van der Waals surface area contributed by atoms with Gasteiger partial charge in [0.15, 0.2) is 10.7 Å². The van der Waals surface area contributed by atoms with Crippen LogP contribution >= 0.6 is 35.4 Å². The van der Waals surface area contributed by atoms with Crippen LogP contribution in [0.5, 0.6) is 5.75 Å². The van der Waals surface area contributed by atoms with E-state index >= 15 is 0 Å². The van der Waals surface area contributed by atoms with Crippen LogP contribution in [0.15, 0.2) is 65.1 Å². The van der Waals surface area contributed by atoms with Crippen molar-refractivity contribution in [3.05, 3.63) is 81.8 Å². The lowest BCUT2D eigenvalue weighted by molar-refractivity contribution is -0.115. The molecule has 0 atom stereocenters. The monoisotopic (exact) mass is 511 g/mol. The number of rotatable bonds is 5. The van der Waals surface area contributed by atoms with E-state index in [0.717, 1.165) is 12.0 Å². The summed E-state index contributed by atoms with van der Waals surface area (Å²) in [5.74, 6) is -0.152. The molecule has 172 valence electrons. The third-order valence-electron chi connectivity index (χ3n) is 4.96. The molecule has 0 unspecified atom stereocenters. The maximum Gasteiger partial charge on any atom is 0.250 e. The van der Waals surface area contributed by atoms with E-state index in [9.17, 15) is 9.90 Å². The fourth-order valence-electron chi connectivity index (χ4n) is 3.21. The van der Waals surface area contributed by atoms with Crippen LogP contribution in [0.4, 0.5) is 5.69 Å². The molecule has 0 bridgehead atoms. The Kier molecular flexibility index (Phi) is 7.17. The Morgan fingerprint density at radius 3 is 2.74 bits per heavy atom. The Hall–Kier alpha value is -3.39. The van der Waals surface area contributed by atoms with E-state index in [1.165, 1.54) is 12.1 Å². The van der Waals surface area contributed by atoms with Gasteiger partial charge in [-0.2, -0.15) is 0 Å². The molecule has 34 heavy (non-hydrogen) atoms. The van der Waals surface area contributed by atoms with E-state index in [4.69, 9.17) is 39.8 Å². The average molecular weight is 512 g/mol. The van der Waals surface area contributed by atoms with Gasteiger partial charge >= 0.3 is 0 Å². The first kappa shape index (κ1) is 23.8. The number of fused-ring (bicyclic) bond motifs is 1. The Labute approximate surface area is 211 Å². The lowest BCUT2D eigenvalue weighted by Gasteiger charge is -2.10. The Bertz CT molecular complexity index is 1430. The third kappa shape index (κ3) is 5.56. The SMILES string of the molecule is CCc1ccc2oc(-c3cc(NC(=S)NC(=O)/C=C/c4ccc(Cl)cc4Cl)ccc3O)nc2c1. The molecule has 4 rings (SSSR count). The van der Waals surface area contributed by atoms with E-state index in [1.807, 2.05) is 18.2 Å². The molecular formula is C25H19Cl2N3O3S. The number of nitrogens with one attached hydrogen (secondary N) is 2. The van der Waals surface area contributed by atoms with Crippen molar-refractivity contribution in [2.45, 2.75) is 13.3 Å². The van der Waals surface area contributed by atoms with Gasteiger partial charge in [-0.05, 0) is 78.3 Å². The molecule has 0 spiro atoms. The number of nitrogens with zero attached hydrogens (tertiary/aromatic N) is 1. The number of aromatic hydroxyl groups is 1. The number of benzene rings is 3. The van der Waals surface area contributed by atoms with Crippen molar-refractivity contribution in [2.75, 3.05) is 5.32 Å². The van der Waals surface area contributed by atoms with Crippen LogP contribution in [-0.2, 0) is 11.2 Å². The minimum Gasteiger partial charge on any atom is -0.507 e. The van der Waals surface area contributed by atoms with E-state index in [2.05, 4.69) is 22.5 Å². The highest BCUT2D eigenvalue weighted by Gasteiger charge is 2.14. The van der Waals surface area contributed by atoms with Crippen molar-refractivity contribution in [1.82, 2.24) is 10.3 Å². The van der Waals surface area contributed by atoms with Crippen LogP contribution in [0.3, 0.4) is 0 Å². The second kappa shape index (κ2) is 10.3. The van der Waals surface area contributed by atoms with Crippen molar-refractivity contribution in [3.63, 3.8) is 0 Å². The summed E-state index contributed by atoms with van der Waals surface area (Å²) in [6.45, 7) is 2.06. The summed E-state index contributed by atoms with van der Waals surface area (Å²) < 4.78 is 5.82. The molecule has 1 heterocycles. The van der Waals surface area contributed by atoms with E-state index in [0.29, 0.717) is 38.0 Å². The van der Waals surface area contributed by atoms with Crippen molar-refractivity contribution >= 4 is 69.3 Å².